The van der Waals surface area contributed by atoms with Crippen molar-refractivity contribution in [3.8, 4) is 0 Å². The lowest BCUT2D eigenvalue weighted by molar-refractivity contribution is 0.102. The summed E-state index contributed by atoms with van der Waals surface area (Å²) in [4.78, 5) is 16.5. The summed E-state index contributed by atoms with van der Waals surface area (Å²) in [6, 6.07) is 18.2. The Bertz CT molecular complexity index is 869. The summed E-state index contributed by atoms with van der Waals surface area (Å²) in [5, 5.41) is 6.60. The molecule has 0 bridgehead atoms. The summed E-state index contributed by atoms with van der Waals surface area (Å²) in [5.41, 5.74) is 2.40. The molecule has 24 heavy (non-hydrogen) atoms. The Balaban J connectivity index is 1.78. The molecule has 0 aliphatic carbocycles. The van der Waals surface area contributed by atoms with E-state index in [1.54, 1.807) is 36.5 Å². The lowest BCUT2D eigenvalue weighted by Crippen LogP contribution is -2.14. The Morgan fingerprint density at radius 1 is 0.917 bits per heavy atom. The van der Waals surface area contributed by atoms with Gasteiger partial charge in [0.05, 0.1) is 15.7 Å². The van der Waals surface area contributed by atoms with Crippen molar-refractivity contribution in [2.24, 2.45) is 0 Å². The molecule has 0 saturated carbocycles. The predicted octanol–water partition coefficient (Wildman–Crippen LogP) is 5.38. The van der Waals surface area contributed by atoms with Gasteiger partial charge in [-0.1, -0.05) is 47.5 Å². The van der Waals surface area contributed by atoms with Gasteiger partial charge in [0.15, 0.2) is 0 Å². The second-order valence-corrected chi connectivity index (χ2v) is 5.76. The maximum absolute atomic E-state index is 12.4. The SMILES string of the molecule is O=C(Nc1cccc(Cl)c1Cl)c1cc(Nc2ccccc2)ccn1. The minimum atomic E-state index is -0.365. The van der Waals surface area contributed by atoms with Crippen LogP contribution < -0.4 is 10.6 Å². The van der Waals surface area contributed by atoms with Crippen LogP contribution in [0.4, 0.5) is 17.1 Å². The standard InChI is InChI=1S/C18H13Cl2N3O/c19-14-7-4-8-15(17(14)20)23-18(24)16-11-13(9-10-21-16)22-12-5-2-1-3-6-12/h1-11H,(H,21,22)(H,23,24). The van der Waals surface area contributed by atoms with Crippen molar-refractivity contribution in [1.29, 1.82) is 0 Å². The summed E-state index contributed by atoms with van der Waals surface area (Å²) < 4.78 is 0. The highest BCUT2D eigenvalue weighted by atomic mass is 35.5. The Morgan fingerprint density at radius 3 is 2.50 bits per heavy atom. The summed E-state index contributed by atoms with van der Waals surface area (Å²) in [7, 11) is 0. The third kappa shape index (κ3) is 3.85. The maximum atomic E-state index is 12.4. The molecule has 0 fully saturated rings. The van der Waals surface area contributed by atoms with E-state index in [-0.39, 0.29) is 11.6 Å². The molecule has 0 unspecified atom stereocenters. The molecule has 3 aromatic rings. The number of nitrogens with zero attached hydrogens (tertiary/aromatic N) is 1. The number of rotatable bonds is 4. The van der Waals surface area contributed by atoms with Crippen LogP contribution in [0.2, 0.25) is 10.0 Å². The van der Waals surface area contributed by atoms with Crippen molar-refractivity contribution in [2.45, 2.75) is 0 Å². The normalized spacial score (nSPS) is 10.2. The monoisotopic (exact) mass is 357 g/mol. The van der Waals surface area contributed by atoms with E-state index in [0.717, 1.165) is 11.4 Å². The molecular weight excluding hydrogens is 345 g/mol. The number of carbonyl (C=O) groups is 1. The molecule has 6 heteroatoms. The van der Waals surface area contributed by atoms with Gasteiger partial charge in [-0.2, -0.15) is 0 Å². The molecule has 1 aromatic heterocycles. The van der Waals surface area contributed by atoms with E-state index < -0.39 is 0 Å². The molecule has 2 N–H and O–H groups in total. The minimum absolute atomic E-state index is 0.270. The first-order valence-electron chi connectivity index (χ1n) is 7.17. The van der Waals surface area contributed by atoms with Crippen LogP contribution in [-0.4, -0.2) is 10.9 Å². The summed E-state index contributed by atoms with van der Waals surface area (Å²) >= 11 is 12.0. The quantitative estimate of drug-likeness (QED) is 0.658. The number of nitrogens with one attached hydrogen (secondary N) is 2. The highest BCUT2D eigenvalue weighted by Gasteiger charge is 2.12. The van der Waals surface area contributed by atoms with Gasteiger partial charge in [0.2, 0.25) is 0 Å². The van der Waals surface area contributed by atoms with Crippen LogP contribution >= 0.6 is 23.2 Å². The number of aromatic nitrogens is 1. The smallest absolute Gasteiger partial charge is 0.274 e. The summed E-state index contributed by atoms with van der Waals surface area (Å²) in [6.07, 6.45) is 1.57. The molecule has 0 radical (unpaired) electrons. The first kappa shape index (κ1) is 16.3. The van der Waals surface area contributed by atoms with Gasteiger partial charge in [-0.05, 0) is 36.4 Å². The van der Waals surface area contributed by atoms with Crippen LogP contribution in [0.1, 0.15) is 10.5 Å². The van der Waals surface area contributed by atoms with Crippen LogP contribution in [0.3, 0.4) is 0 Å². The first-order chi connectivity index (χ1) is 11.6. The van der Waals surface area contributed by atoms with Gasteiger partial charge < -0.3 is 10.6 Å². The van der Waals surface area contributed by atoms with E-state index in [4.69, 9.17) is 23.2 Å². The Kier molecular flexibility index (Phi) is 4.99. The number of benzene rings is 2. The number of pyridine rings is 1. The highest BCUT2D eigenvalue weighted by molar-refractivity contribution is 6.44. The van der Waals surface area contributed by atoms with Gasteiger partial charge in [-0.25, -0.2) is 0 Å². The third-order valence-electron chi connectivity index (χ3n) is 3.25. The number of para-hydroxylation sites is 1. The number of anilines is 3. The molecule has 1 amide bonds. The van der Waals surface area contributed by atoms with Crippen LogP contribution in [0.5, 0.6) is 0 Å². The molecule has 0 spiro atoms. The second kappa shape index (κ2) is 7.34. The summed E-state index contributed by atoms with van der Waals surface area (Å²) in [5.74, 6) is -0.365. The number of halogens is 2. The lowest BCUT2D eigenvalue weighted by Gasteiger charge is -2.10. The first-order valence-corrected chi connectivity index (χ1v) is 7.92. The minimum Gasteiger partial charge on any atom is -0.355 e. The third-order valence-corrected chi connectivity index (χ3v) is 4.07. The van der Waals surface area contributed by atoms with Crippen molar-refractivity contribution >= 4 is 46.2 Å². The zero-order valence-corrected chi connectivity index (χ0v) is 14.0. The van der Waals surface area contributed by atoms with Crippen molar-refractivity contribution in [3.63, 3.8) is 0 Å². The van der Waals surface area contributed by atoms with Crippen molar-refractivity contribution in [2.75, 3.05) is 10.6 Å². The fourth-order valence-electron chi connectivity index (χ4n) is 2.11. The Labute approximate surface area is 149 Å². The van der Waals surface area contributed by atoms with Gasteiger partial charge in [0.1, 0.15) is 5.69 Å². The molecule has 0 aliphatic rings. The zero-order valence-electron chi connectivity index (χ0n) is 12.5. The van der Waals surface area contributed by atoms with E-state index in [9.17, 15) is 4.79 Å². The van der Waals surface area contributed by atoms with E-state index in [1.165, 1.54) is 0 Å². The van der Waals surface area contributed by atoms with Crippen LogP contribution in [-0.2, 0) is 0 Å². The van der Waals surface area contributed by atoms with Gasteiger partial charge in [0, 0.05) is 17.6 Å². The topological polar surface area (TPSA) is 54.0 Å². The molecule has 4 nitrogen and oxygen atoms in total. The average Bonchev–Trinajstić information content (AvgIpc) is 2.60. The van der Waals surface area contributed by atoms with Gasteiger partial charge >= 0.3 is 0 Å². The molecular formula is C18H13Cl2N3O. The molecule has 0 aliphatic heterocycles. The molecule has 0 atom stereocenters. The van der Waals surface area contributed by atoms with Gasteiger partial charge in [0.25, 0.3) is 5.91 Å². The van der Waals surface area contributed by atoms with Crippen molar-refractivity contribution < 1.29 is 4.79 Å². The van der Waals surface area contributed by atoms with E-state index in [1.807, 2.05) is 30.3 Å². The Hall–Kier alpha value is -2.56. The predicted molar refractivity (Wildman–Crippen MR) is 98.4 cm³/mol. The highest BCUT2D eigenvalue weighted by Crippen LogP contribution is 2.29. The fraction of sp³-hybridized carbons (Fsp3) is 0. The average molecular weight is 358 g/mol. The lowest BCUT2D eigenvalue weighted by atomic mass is 10.2. The van der Waals surface area contributed by atoms with Crippen LogP contribution in [0.25, 0.3) is 0 Å². The van der Waals surface area contributed by atoms with E-state index in [2.05, 4.69) is 15.6 Å². The van der Waals surface area contributed by atoms with Crippen LogP contribution in [0.15, 0.2) is 66.9 Å². The van der Waals surface area contributed by atoms with Crippen molar-refractivity contribution in [3.05, 3.63) is 82.6 Å². The molecule has 1 heterocycles. The molecule has 2 aromatic carbocycles. The molecule has 0 saturated heterocycles. The second-order valence-electron chi connectivity index (χ2n) is 4.98. The van der Waals surface area contributed by atoms with Gasteiger partial charge in [-0.3, -0.25) is 9.78 Å². The zero-order chi connectivity index (χ0) is 16.9. The fourth-order valence-corrected chi connectivity index (χ4v) is 2.46. The number of hydrogen-bond acceptors (Lipinski definition) is 3. The number of carbonyl (C=O) groups excluding carboxylic acids is 1. The van der Waals surface area contributed by atoms with Crippen LogP contribution in [0, 0.1) is 0 Å². The summed E-state index contributed by atoms with van der Waals surface area (Å²) in [6.45, 7) is 0. The van der Waals surface area contributed by atoms with Gasteiger partial charge in [-0.15, -0.1) is 0 Å². The number of amides is 1. The van der Waals surface area contributed by atoms with Crippen molar-refractivity contribution in [1.82, 2.24) is 4.98 Å². The Morgan fingerprint density at radius 2 is 1.71 bits per heavy atom. The van der Waals surface area contributed by atoms with E-state index >= 15 is 0 Å². The number of hydrogen-bond donors (Lipinski definition) is 2. The molecule has 120 valence electrons. The molecule has 3 rings (SSSR count). The largest absolute Gasteiger partial charge is 0.355 e. The van der Waals surface area contributed by atoms with E-state index in [0.29, 0.717) is 15.7 Å². The maximum Gasteiger partial charge on any atom is 0.274 e.